The van der Waals surface area contributed by atoms with Crippen molar-refractivity contribution in [2.45, 2.75) is 19.9 Å². The van der Waals surface area contributed by atoms with E-state index < -0.39 is 11.8 Å². The second-order valence-corrected chi connectivity index (χ2v) is 7.20. The van der Waals surface area contributed by atoms with Gasteiger partial charge in [-0.2, -0.15) is 5.10 Å². The monoisotopic (exact) mass is 418 g/mol. The highest BCUT2D eigenvalue weighted by atomic mass is 19.1. The largest absolute Gasteiger partial charge is 0.382 e. The van der Waals surface area contributed by atoms with E-state index in [4.69, 9.17) is 17.2 Å². The number of carbonyl (C=O) groups is 1. The summed E-state index contributed by atoms with van der Waals surface area (Å²) in [6, 6.07) is 15.0. The van der Waals surface area contributed by atoms with Crippen molar-refractivity contribution in [3.05, 3.63) is 71.5 Å². The molecule has 0 saturated heterocycles. The Morgan fingerprint density at radius 2 is 1.94 bits per heavy atom. The fraction of sp³-hybridized carbons (Fsp3) is 0.130. The molecule has 8 heteroatoms. The summed E-state index contributed by atoms with van der Waals surface area (Å²) < 4.78 is 14.7. The molecule has 0 radical (unpaired) electrons. The summed E-state index contributed by atoms with van der Waals surface area (Å²) in [6.45, 7) is 2.18. The van der Waals surface area contributed by atoms with Gasteiger partial charge in [0.25, 0.3) is 0 Å². The van der Waals surface area contributed by atoms with Crippen molar-refractivity contribution in [1.29, 1.82) is 0 Å². The molecule has 0 unspecified atom stereocenters. The highest BCUT2D eigenvalue weighted by Crippen LogP contribution is 2.37. The molecule has 0 fully saturated rings. The van der Waals surface area contributed by atoms with Gasteiger partial charge in [-0.15, -0.1) is 0 Å². The maximum Gasteiger partial charge on any atom is 0.323 e. The van der Waals surface area contributed by atoms with Crippen molar-refractivity contribution in [2.24, 2.45) is 11.5 Å². The number of aromatic nitrogens is 2. The van der Waals surface area contributed by atoms with Crippen molar-refractivity contribution < 1.29 is 9.18 Å². The molecular weight excluding hydrogens is 395 g/mol. The lowest BCUT2D eigenvalue weighted by Crippen LogP contribution is -2.33. The average molecular weight is 418 g/mol. The molecule has 4 rings (SSSR count). The van der Waals surface area contributed by atoms with Crippen molar-refractivity contribution in [3.63, 3.8) is 0 Å². The second kappa shape index (κ2) is 8.08. The Morgan fingerprint density at radius 3 is 2.65 bits per heavy atom. The second-order valence-electron chi connectivity index (χ2n) is 7.20. The number of hydrogen-bond acceptors (Lipinski definition) is 4. The standard InChI is InChI=1S/C23H23FN6O/c1-2-14-11-15(16-4-3-5-18-21(16)22(26)29-28-18)7-9-19(14)30(23(27)31)20-10-13(12-25)6-8-17(20)24/h3-11H,2,12,25H2,1H3,(H2,27,31)(H3,26,28,29). The van der Waals surface area contributed by atoms with Crippen molar-refractivity contribution >= 4 is 34.1 Å². The molecule has 0 bridgehead atoms. The van der Waals surface area contributed by atoms with E-state index >= 15 is 0 Å². The minimum Gasteiger partial charge on any atom is -0.382 e. The molecule has 1 heterocycles. The first kappa shape index (κ1) is 20.4. The lowest BCUT2D eigenvalue weighted by atomic mass is 9.97. The fourth-order valence-electron chi connectivity index (χ4n) is 3.82. The van der Waals surface area contributed by atoms with E-state index in [1.54, 1.807) is 18.2 Å². The van der Waals surface area contributed by atoms with Gasteiger partial charge in [0.2, 0.25) is 0 Å². The van der Waals surface area contributed by atoms with Crippen LogP contribution in [-0.2, 0) is 13.0 Å². The third kappa shape index (κ3) is 3.57. The molecule has 0 saturated carbocycles. The zero-order chi connectivity index (χ0) is 22.1. The summed E-state index contributed by atoms with van der Waals surface area (Å²) >= 11 is 0. The summed E-state index contributed by atoms with van der Waals surface area (Å²) in [5.74, 6) is -0.148. The topological polar surface area (TPSA) is 127 Å². The number of rotatable bonds is 5. The van der Waals surface area contributed by atoms with Crippen LogP contribution < -0.4 is 22.1 Å². The minimum atomic E-state index is -0.781. The van der Waals surface area contributed by atoms with Gasteiger partial charge in [0.1, 0.15) is 5.82 Å². The Balaban J connectivity index is 1.87. The lowest BCUT2D eigenvalue weighted by molar-refractivity contribution is 0.256. The number of aromatic amines is 1. The van der Waals surface area contributed by atoms with Crippen LogP contribution in [0.2, 0.25) is 0 Å². The highest BCUT2D eigenvalue weighted by molar-refractivity contribution is 6.03. The molecule has 1 aromatic heterocycles. The van der Waals surface area contributed by atoms with Crippen molar-refractivity contribution in [2.75, 3.05) is 10.6 Å². The first-order valence-corrected chi connectivity index (χ1v) is 9.88. The van der Waals surface area contributed by atoms with E-state index in [0.29, 0.717) is 23.5 Å². The van der Waals surface area contributed by atoms with Crippen molar-refractivity contribution in [1.82, 2.24) is 10.2 Å². The molecule has 0 aliphatic heterocycles. The van der Waals surface area contributed by atoms with Crippen LogP contribution in [0.5, 0.6) is 0 Å². The van der Waals surface area contributed by atoms with E-state index in [9.17, 15) is 9.18 Å². The predicted molar refractivity (Wildman–Crippen MR) is 121 cm³/mol. The smallest absolute Gasteiger partial charge is 0.323 e. The number of halogens is 1. The number of primary amides is 1. The molecule has 0 aliphatic rings. The number of nitrogen functional groups attached to an aromatic ring is 1. The van der Waals surface area contributed by atoms with Crippen LogP contribution in [0.3, 0.4) is 0 Å². The number of aryl methyl sites for hydroxylation is 1. The summed E-state index contributed by atoms with van der Waals surface area (Å²) in [4.78, 5) is 13.6. The van der Waals surface area contributed by atoms with Crippen LogP contribution in [0.25, 0.3) is 22.0 Å². The number of urea groups is 1. The molecule has 0 aliphatic carbocycles. The molecule has 7 N–H and O–H groups in total. The van der Waals surface area contributed by atoms with E-state index in [-0.39, 0.29) is 12.2 Å². The Kier molecular flexibility index (Phi) is 5.31. The third-order valence-electron chi connectivity index (χ3n) is 5.34. The Bertz CT molecular complexity index is 1280. The fourth-order valence-corrected chi connectivity index (χ4v) is 3.82. The van der Waals surface area contributed by atoms with Gasteiger partial charge in [-0.3, -0.25) is 10.00 Å². The van der Waals surface area contributed by atoms with E-state index in [2.05, 4.69) is 10.2 Å². The molecular formula is C23H23FN6O. The molecule has 4 aromatic rings. The van der Waals surface area contributed by atoms with Crippen LogP contribution >= 0.6 is 0 Å². The number of amides is 2. The van der Waals surface area contributed by atoms with Crippen LogP contribution in [0.15, 0.2) is 54.6 Å². The summed E-state index contributed by atoms with van der Waals surface area (Å²) in [7, 11) is 0. The SMILES string of the molecule is CCc1cc(-c2cccc3[nH]nc(N)c23)ccc1N(C(N)=O)c1cc(CN)ccc1F. The normalized spacial score (nSPS) is 11.1. The number of H-pyrrole nitrogens is 1. The number of anilines is 3. The van der Waals surface area contributed by atoms with E-state index in [1.807, 2.05) is 37.3 Å². The number of nitrogens with two attached hydrogens (primary N) is 3. The number of nitrogens with zero attached hydrogens (tertiary/aromatic N) is 2. The maximum atomic E-state index is 14.7. The molecule has 3 aromatic carbocycles. The summed E-state index contributed by atoms with van der Waals surface area (Å²) in [5, 5.41) is 7.83. The number of fused-ring (bicyclic) bond motifs is 1. The van der Waals surface area contributed by atoms with Crippen molar-refractivity contribution in [3.8, 4) is 11.1 Å². The first-order chi connectivity index (χ1) is 14.9. The quantitative estimate of drug-likeness (QED) is 0.387. The lowest BCUT2D eigenvalue weighted by Gasteiger charge is -2.25. The first-order valence-electron chi connectivity index (χ1n) is 9.88. The predicted octanol–water partition coefficient (Wildman–Crippen LogP) is 4.19. The Hall–Kier alpha value is -3.91. The van der Waals surface area contributed by atoms with Gasteiger partial charge in [-0.25, -0.2) is 9.18 Å². The number of hydrogen-bond donors (Lipinski definition) is 4. The summed E-state index contributed by atoms with van der Waals surface area (Å²) in [6.07, 6.45) is 0.599. The van der Waals surface area contributed by atoms with Gasteiger partial charge in [-0.1, -0.05) is 31.2 Å². The third-order valence-corrected chi connectivity index (χ3v) is 5.34. The maximum absolute atomic E-state index is 14.7. The molecule has 31 heavy (non-hydrogen) atoms. The minimum absolute atomic E-state index is 0.0686. The number of carbonyl (C=O) groups excluding carboxylic acids is 1. The highest BCUT2D eigenvalue weighted by Gasteiger charge is 2.22. The van der Waals surface area contributed by atoms with Gasteiger partial charge >= 0.3 is 6.03 Å². The summed E-state index contributed by atoms with van der Waals surface area (Å²) in [5.41, 5.74) is 22.2. The van der Waals surface area contributed by atoms with Crippen LogP contribution in [-0.4, -0.2) is 16.2 Å². The van der Waals surface area contributed by atoms with Gasteiger partial charge in [-0.05, 0) is 59.0 Å². The van der Waals surface area contributed by atoms with Gasteiger partial charge in [0.15, 0.2) is 5.82 Å². The van der Waals surface area contributed by atoms with E-state index in [1.165, 1.54) is 11.0 Å². The molecule has 2 amide bonds. The zero-order valence-corrected chi connectivity index (χ0v) is 17.0. The van der Waals surface area contributed by atoms with Crippen LogP contribution in [0, 0.1) is 5.82 Å². The van der Waals surface area contributed by atoms with Crippen LogP contribution in [0.1, 0.15) is 18.1 Å². The molecule has 158 valence electrons. The van der Waals surface area contributed by atoms with Crippen LogP contribution in [0.4, 0.5) is 26.4 Å². The average Bonchev–Trinajstić information content (AvgIpc) is 3.16. The van der Waals surface area contributed by atoms with Gasteiger partial charge in [0, 0.05) is 6.54 Å². The Morgan fingerprint density at radius 1 is 1.13 bits per heavy atom. The van der Waals surface area contributed by atoms with Gasteiger partial charge < -0.3 is 17.2 Å². The Labute approximate surface area is 178 Å². The molecule has 0 atom stereocenters. The molecule has 7 nitrogen and oxygen atoms in total. The zero-order valence-electron chi connectivity index (χ0n) is 17.0. The van der Waals surface area contributed by atoms with Gasteiger partial charge in [0.05, 0.1) is 22.3 Å². The van der Waals surface area contributed by atoms with E-state index in [0.717, 1.165) is 27.6 Å². The number of nitrogens with one attached hydrogen (secondary N) is 1. The number of benzene rings is 3. The molecule has 0 spiro atoms.